The van der Waals surface area contributed by atoms with Gasteiger partial charge in [-0.2, -0.15) is 13.2 Å². The number of aromatic nitrogens is 1. The summed E-state index contributed by atoms with van der Waals surface area (Å²) in [5.74, 6) is 0.885. The number of likely N-dealkylation sites (tertiary alicyclic amines) is 1. The van der Waals surface area contributed by atoms with E-state index >= 15 is 0 Å². The maximum absolute atomic E-state index is 12.8. The van der Waals surface area contributed by atoms with E-state index in [0.717, 1.165) is 21.8 Å². The highest BCUT2D eigenvalue weighted by Crippen LogP contribution is 2.59. The Morgan fingerprint density at radius 3 is 2.46 bits per heavy atom. The van der Waals surface area contributed by atoms with Gasteiger partial charge < -0.3 is 9.64 Å². The van der Waals surface area contributed by atoms with Crippen LogP contribution < -0.4 is 0 Å². The Kier molecular flexibility index (Phi) is 3.77. The molecule has 2 aromatic rings. The number of halogens is 3. The van der Waals surface area contributed by atoms with E-state index in [0.29, 0.717) is 30.4 Å². The fourth-order valence-corrected chi connectivity index (χ4v) is 4.83. The first-order valence-electron chi connectivity index (χ1n) is 8.48. The largest absolute Gasteiger partial charge is 0.444 e. The molecule has 2 aliphatic rings. The monoisotopic (exact) mass is 384 g/mol. The van der Waals surface area contributed by atoms with E-state index in [-0.39, 0.29) is 12.0 Å². The highest BCUT2D eigenvalue weighted by Gasteiger charge is 2.59. The van der Waals surface area contributed by atoms with E-state index in [1.54, 1.807) is 4.90 Å². The van der Waals surface area contributed by atoms with E-state index in [1.807, 2.05) is 20.8 Å². The predicted octanol–water partition coefficient (Wildman–Crippen LogP) is 4.90. The number of rotatable bonds is 1. The van der Waals surface area contributed by atoms with Gasteiger partial charge in [0.1, 0.15) is 5.60 Å². The lowest BCUT2D eigenvalue weighted by atomic mass is 10.2. The second kappa shape index (κ2) is 5.58. The lowest BCUT2D eigenvalue weighted by Crippen LogP contribution is -2.36. The number of carbonyl (C=O) groups is 1. The number of carbonyl (C=O) groups excluding carboxylic acids is 1. The van der Waals surface area contributed by atoms with Crippen LogP contribution in [0.2, 0.25) is 0 Å². The minimum atomic E-state index is -4.36. The Balaban J connectivity index is 1.46. The van der Waals surface area contributed by atoms with Gasteiger partial charge in [0.05, 0.1) is 20.8 Å². The minimum absolute atomic E-state index is 0.237. The van der Waals surface area contributed by atoms with Crippen LogP contribution in [-0.4, -0.2) is 34.7 Å². The molecule has 140 valence electrons. The molecule has 1 saturated heterocycles. The highest BCUT2D eigenvalue weighted by molar-refractivity contribution is 7.18. The fraction of sp³-hybridized carbons (Fsp3) is 0.556. The van der Waals surface area contributed by atoms with Gasteiger partial charge in [-0.1, -0.05) is 0 Å². The number of ether oxygens (including phenoxy) is 1. The van der Waals surface area contributed by atoms with E-state index in [9.17, 15) is 18.0 Å². The van der Waals surface area contributed by atoms with Crippen LogP contribution in [0.5, 0.6) is 0 Å². The smallest absolute Gasteiger partial charge is 0.416 e. The van der Waals surface area contributed by atoms with Crippen molar-refractivity contribution in [3.8, 4) is 0 Å². The molecule has 4 rings (SSSR count). The van der Waals surface area contributed by atoms with Crippen molar-refractivity contribution in [3.63, 3.8) is 0 Å². The Labute approximate surface area is 153 Å². The number of benzene rings is 1. The van der Waals surface area contributed by atoms with E-state index in [1.165, 1.54) is 17.4 Å². The van der Waals surface area contributed by atoms with Gasteiger partial charge in [-0.25, -0.2) is 9.78 Å². The molecule has 0 N–H and O–H groups in total. The molecule has 0 spiro atoms. The Morgan fingerprint density at radius 1 is 1.23 bits per heavy atom. The molecular weight excluding hydrogens is 365 g/mol. The Bertz CT molecular complexity index is 859. The number of piperidine rings is 1. The van der Waals surface area contributed by atoms with Crippen LogP contribution in [0.25, 0.3) is 10.2 Å². The first-order valence-corrected chi connectivity index (χ1v) is 9.30. The zero-order valence-electron chi connectivity index (χ0n) is 14.6. The molecule has 3 atom stereocenters. The molecule has 1 unspecified atom stereocenters. The number of nitrogens with zero attached hydrogens (tertiary/aromatic N) is 2. The first-order chi connectivity index (χ1) is 12.0. The summed E-state index contributed by atoms with van der Waals surface area (Å²) in [6, 6.07) is 3.70. The molecule has 1 aliphatic carbocycles. The number of thiazole rings is 1. The standard InChI is InChI=1S/C18H19F3N2O2S/c1-17(2,3)25-16(24)23-7-10-11(8-23)14(10)15-22-12-6-9(18(19,20)21)4-5-13(12)26-15/h4-6,10-11,14H,7-8H2,1-3H3/t10-,11+,14?. The molecule has 1 aliphatic heterocycles. The van der Waals surface area contributed by atoms with E-state index in [4.69, 9.17) is 4.74 Å². The lowest BCUT2D eigenvalue weighted by molar-refractivity contribution is -0.137. The molecule has 26 heavy (non-hydrogen) atoms. The van der Waals surface area contributed by atoms with E-state index < -0.39 is 17.3 Å². The van der Waals surface area contributed by atoms with Crippen molar-refractivity contribution in [1.29, 1.82) is 0 Å². The molecule has 4 nitrogen and oxygen atoms in total. The first kappa shape index (κ1) is 17.6. The summed E-state index contributed by atoms with van der Waals surface area (Å²) in [4.78, 5) is 18.3. The van der Waals surface area contributed by atoms with Gasteiger partial charge in [-0.05, 0) is 50.8 Å². The molecule has 2 fully saturated rings. The molecule has 1 saturated carbocycles. The summed E-state index contributed by atoms with van der Waals surface area (Å²) >= 11 is 1.45. The summed E-state index contributed by atoms with van der Waals surface area (Å²) in [6.45, 7) is 6.74. The van der Waals surface area contributed by atoms with Crippen LogP contribution >= 0.6 is 11.3 Å². The Morgan fingerprint density at radius 2 is 1.88 bits per heavy atom. The van der Waals surface area contributed by atoms with E-state index in [2.05, 4.69) is 4.98 Å². The van der Waals surface area contributed by atoms with Crippen molar-refractivity contribution < 1.29 is 22.7 Å². The third-order valence-electron chi connectivity index (χ3n) is 4.86. The Hall–Kier alpha value is -1.83. The SMILES string of the molecule is CC(C)(C)OC(=O)N1C[C@@H]2C(c3nc4cc(C(F)(F)F)ccc4s3)[C@@H]2C1. The molecule has 8 heteroatoms. The second-order valence-electron chi connectivity index (χ2n) is 7.97. The minimum Gasteiger partial charge on any atom is -0.444 e. The van der Waals surface area contributed by atoms with Crippen LogP contribution in [0.3, 0.4) is 0 Å². The van der Waals surface area contributed by atoms with Crippen molar-refractivity contribution in [2.45, 2.75) is 38.5 Å². The fourth-order valence-electron chi connectivity index (χ4n) is 3.63. The summed E-state index contributed by atoms with van der Waals surface area (Å²) in [5, 5.41) is 0.873. The van der Waals surface area contributed by atoms with Crippen molar-refractivity contribution in [3.05, 3.63) is 28.8 Å². The van der Waals surface area contributed by atoms with Crippen LogP contribution in [0, 0.1) is 11.8 Å². The molecule has 2 heterocycles. The number of hydrogen-bond donors (Lipinski definition) is 0. The van der Waals surface area contributed by atoms with Gasteiger partial charge in [-0.3, -0.25) is 0 Å². The van der Waals surface area contributed by atoms with Gasteiger partial charge in [0.2, 0.25) is 0 Å². The summed E-state index contributed by atoms with van der Waals surface area (Å²) in [6.07, 6.45) is -4.66. The number of hydrogen-bond acceptors (Lipinski definition) is 4. The van der Waals surface area contributed by atoms with Crippen molar-refractivity contribution in [1.82, 2.24) is 9.88 Å². The van der Waals surface area contributed by atoms with Gasteiger partial charge >= 0.3 is 12.3 Å². The summed E-state index contributed by atoms with van der Waals surface area (Å²) < 4.78 is 44.7. The van der Waals surface area contributed by atoms with Crippen molar-refractivity contribution in [2.75, 3.05) is 13.1 Å². The van der Waals surface area contributed by atoms with Gasteiger partial charge in [0.15, 0.2) is 0 Å². The lowest BCUT2D eigenvalue weighted by Gasteiger charge is -2.25. The van der Waals surface area contributed by atoms with Crippen molar-refractivity contribution >= 4 is 27.6 Å². The number of amides is 1. The summed E-state index contributed by atoms with van der Waals surface area (Å²) in [5.41, 5.74) is -0.797. The molecule has 1 amide bonds. The quantitative estimate of drug-likeness (QED) is 0.703. The van der Waals surface area contributed by atoms with Crippen molar-refractivity contribution in [2.24, 2.45) is 11.8 Å². The molecule has 0 bridgehead atoms. The normalized spacial score (nSPS) is 25.5. The summed E-state index contributed by atoms with van der Waals surface area (Å²) in [7, 11) is 0. The zero-order valence-corrected chi connectivity index (χ0v) is 15.4. The number of alkyl halides is 3. The molecule has 1 aromatic heterocycles. The second-order valence-corrected chi connectivity index (χ2v) is 9.03. The average molecular weight is 384 g/mol. The van der Waals surface area contributed by atoms with Gasteiger partial charge in [0, 0.05) is 19.0 Å². The maximum atomic E-state index is 12.8. The van der Waals surface area contributed by atoms with Crippen LogP contribution in [0.15, 0.2) is 18.2 Å². The van der Waals surface area contributed by atoms with Crippen LogP contribution in [-0.2, 0) is 10.9 Å². The topological polar surface area (TPSA) is 42.4 Å². The predicted molar refractivity (Wildman–Crippen MR) is 92.2 cm³/mol. The molecular formula is C18H19F3N2O2S. The molecule has 0 radical (unpaired) electrons. The van der Waals surface area contributed by atoms with Gasteiger partial charge in [0.25, 0.3) is 0 Å². The zero-order chi connectivity index (χ0) is 18.9. The maximum Gasteiger partial charge on any atom is 0.416 e. The van der Waals surface area contributed by atoms with Crippen LogP contribution in [0.1, 0.15) is 37.3 Å². The van der Waals surface area contributed by atoms with Crippen LogP contribution in [0.4, 0.5) is 18.0 Å². The average Bonchev–Trinajstić information content (AvgIpc) is 2.87. The molecule has 1 aromatic carbocycles. The highest BCUT2D eigenvalue weighted by atomic mass is 32.1. The number of fused-ring (bicyclic) bond motifs is 2. The third-order valence-corrected chi connectivity index (χ3v) is 6.00. The third kappa shape index (κ3) is 3.15. The van der Waals surface area contributed by atoms with Gasteiger partial charge in [-0.15, -0.1) is 11.3 Å².